The van der Waals surface area contributed by atoms with Gasteiger partial charge >= 0.3 is 5.97 Å². The molecule has 7 heteroatoms. The van der Waals surface area contributed by atoms with E-state index in [0.717, 1.165) is 12.8 Å². The van der Waals surface area contributed by atoms with Gasteiger partial charge in [-0.25, -0.2) is 4.79 Å². The second-order valence-electron chi connectivity index (χ2n) is 6.62. The van der Waals surface area contributed by atoms with Gasteiger partial charge < -0.3 is 24.3 Å². The molecule has 0 spiro atoms. The number of carbonyl (C=O) groups is 2. The smallest absolute Gasteiger partial charge is 0.338 e. The predicted octanol–water partition coefficient (Wildman–Crippen LogP) is 1.80. The molecule has 1 N–H and O–H groups in total. The molecule has 1 aliphatic heterocycles. The summed E-state index contributed by atoms with van der Waals surface area (Å²) in [5.74, 6) is 0.260. The third-order valence-electron chi connectivity index (χ3n) is 4.68. The Morgan fingerprint density at radius 1 is 1.19 bits per heavy atom. The van der Waals surface area contributed by atoms with Crippen molar-refractivity contribution in [1.82, 2.24) is 5.32 Å². The van der Waals surface area contributed by atoms with Gasteiger partial charge in [0, 0.05) is 12.1 Å². The molecule has 2 fully saturated rings. The number of amides is 1. The summed E-state index contributed by atoms with van der Waals surface area (Å²) in [6.45, 7) is 2.50. The Kier molecular flexibility index (Phi) is 6.46. The summed E-state index contributed by atoms with van der Waals surface area (Å²) in [7, 11) is 1.31. The minimum atomic E-state index is -0.503. The molecule has 1 amide bonds. The normalized spacial score (nSPS) is 20.1. The molecule has 0 bridgehead atoms. The quantitative estimate of drug-likeness (QED) is 0.744. The minimum absolute atomic E-state index is 0.161. The lowest BCUT2D eigenvalue weighted by Gasteiger charge is -2.25. The van der Waals surface area contributed by atoms with E-state index in [1.54, 1.807) is 12.1 Å². The molecule has 1 atom stereocenters. The minimum Gasteiger partial charge on any atom is -0.493 e. The van der Waals surface area contributed by atoms with E-state index in [-0.39, 0.29) is 12.0 Å². The van der Waals surface area contributed by atoms with Crippen molar-refractivity contribution in [3.63, 3.8) is 0 Å². The molecule has 1 saturated heterocycles. The first-order valence-corrected chi connectivity index (χ1v) is 8.99. The lowest BCUT2D eigenvalue weighted by Crippen LogP contribution is -2.39. The van der Waals surface area contributed by atoms with Gasteiger partial charge in [0.25, 0.3) is 5.91 Å². The van der Waals surface area contributed by atoms with Crippen LogP contribution >= 0.6 is 0 Å². The van der Waals surface area contributed by atoms with Crippen molar-refractivity contribution in [2.45, 2.75) is 25.4 Å². The lowest BCUT2D eigenvalue weighted by molar-refractivity contribution is -0.0855. The summed E-state index contributed by atoms with van der Waals surface area (Å²) in [6.07, 6.45) is 3.39. The Bertz CT molecular complexity index is 637. The van der Waals surface area contributed by atoms with E-state index in [2.05, 4.69) is 5.32 Å². The van der Waals surface area contributed by atoms with Crippen molar-refractivity contribution in [3.8, 4) is 5.75 Å². The van der Waals surface area contributed by atoms with Gasteiger partial charge in [-0.15, -0.1) is 0 Å². The van der Waals surface area contributed by atoms with Gasteiger partial charge in [0.15, 0.2) is 0 Å². The molecule has 26 heavy (non-hydrogen) atoms. The maximum atomic E-state index is 12.5. The van der Waals surface area contributed by atoms with Crippen molar-refractivity contribution in [1.29, 1.82) is 0 Å². The summed E-state index contributed by atoms with van der Waals surface area (Å²) in [5.41, 5.74) is 0.647. The Hall–Kier alpha value is -2.12. The van der Waals surface area contributed by atoms with E-state index in [4.69, 9.17) is 18.9 Å². The summed E-state index contributed by atoms with van der Waals surface area (Å²) in [5, 5.41) is 2.82. The number of methoxy groups -OCH3 is 1. The van der Waals surface area contributed by atoms with E-state index < -0.39 is 5.97 Å². The maximum Gasteiger partial charge on any atom is 0.338 e. The number of benzene rings is 1. The molecule has 1 aromatic carbocycles. The standard InChI is InChI=1S/C19H25NO6/c1-23-19(22)15-7-14(8-16(9-15)26-11-13-3-2-4-13)18(21)20-10-17-12-24-5-6-25-17/h7-9,13,17H,2-6,10-12H2,1H3,(H,20,21)/t17-/m0/s1. The SMILES string of the molecule is COC(=O)c1cc(OCC2CCC2)cc(C(=O)NC[C@H]2COCCO2)c1. The number of carbonyl (C=O) groups excluding carboxylic acids is 2. The van der Waals surface area contributed by atoms with E-state index in [0.29, 0.717) is 55.8 Å². The number of ether oxygens (including phenoxy) is 4. The fraction of sp³-hybridized carbons (Fsp3) is 0.579. The van der Waals surface area contributed by atoms with Crippen LogP contribution in [0.3, 0.4) is 0 Å². The Balaban J connectivity index is 1.66. The fourth-order valence-corrected chi connectivity index (χ4v) is 2.89. The second-order valence-corrected chi connectivity index (χ2v) is 6.62. The first-order chi connectivity index (χ1) is 12.7. The van der Waals surface area contributed by atoms with Crippen LogP contribution < -0.4 is 10.1 Å². The van der Waals surface area contributed by atoms with Gasteiger partial charge in [0.2, 0.25) is 0 Å². The monoisotopic (exact) mass is 363 g/mol. The summed E-state index contributed by atoms with van der Waals surface area (Å²) in [6, 6.07) is 4.77. The molecule has 3 rings (SSSR count). The van der Waals surface area contributed by atoms with Gasteiger partial charge in [-0.3, -0.25) is 4.79 Å². The molecular formula is C19H25NO6. The van der Waals surface area contributed by atoms with E-state index in [1.807, 2.05) is 0 Å². The first kappa shape index (κ1) is 18.7. The number of hydrogen-bond acceptors (Lipinski definition) is 6. The summed E-state index contributed by atoms with van der Waals surface area (Å²) in [4.78, 5) is 24.4. The first-order valence-electron chi connectivity index (χ1n) is 8.99. The van der Waals surface area contributed by atoms with Crippen LogP contribution in [0, 0.1) is 5.92 Å². The molecule has 7 nitrogen and oxygen atoms in total. The number of rotatable bonds is 7. The van der Waals surface area contributed by atoms with Crippen LogP contribution in [0.1, 0.15) is 40.0 Å². The van der Waals surface area contributed by atoms with Crippen molar-refractivity contribution in [2.24, 2.45) is 5.92 Å². The Morgan fingerprint density at radius 2 is 2.00 bits per heavy atom. The van der Waals surface area contributed by atoms with Crippen LogP contribution in [0.15, 0.2) is 18.2 Å². The highest BCUT2D eigenvalue weighted by Gasteiger charge is 2.20. The average Bonchev–Trinajstić information content (AvgIpc) is 2.64. The van der Waals surface area contributed by atoms with Crippen LogP contribution in [0.4, 0.5) is 0 Å². The molecule has 0 unspecified atom stereocenters. The fourth-order valence-electron chi connectivity index (χ4n) is 2.89. The lowest BCUT2D eigenvalue weighted by atomic mass is 9.86. The van der Waals surface area contributed by atoms with Crippen molar-refractivity contribution < 1.29 is 28.5 Å². The molecule has 1 aliphatic carbocycles. The summed E-state index contributed by atoms with van der Waals surface area (Å²) < 4.78 is 21.4. The van der Waals surface area contributed by atoms with Crippen LogP contribution in [0.5, 0.6) is 5.75 Å². The highest BCUT2D eigenvalue weighted by molar-refractivity contribution is 5.98. The molecule has 1 heterocycles. The van der Waals surface area contributed by atoms with Crippen molar-refractivity contribution >= 4 is 11.9 Å². The van der Waals surface area contributed by atoms with Crippen LogP contribution in [0.25, 0.3) is 0 Å². The maximum absolute atomic E-state index is 12.5. The van der Waals surface area contributed by atoms with Crippen LogP contribution in [-0.2, 0) is 14.2 Å². The third kappa shape index (κ3) is 4.95. The average molecular weight is 363 g/mol. The molecule has 142 valence electrons. The van der Waals surface area contributed by atoms with Crippen molar-refractivity contribution in [3.05, 3.63) is 29.3 Å². The van der Waals surface area contributed by atoms with Crippen LogP contribution in [-0.4, -0.2) is 58.1 Å². The van der Waals surface area contributed by atoms with E-state index >= 15 is 0 Å². The van der Waals surface area contributed by atoms with Crippen molar-refractivity contribution in [2.75, 3.05) is 40.1 Å². The number of hydrogen-bond donors (Lipinski definition) is 1. The van der Waals surface area contributed by atoms with Gasteiger partial charge in [-0.1, -0.05) is 6.42 Å². The highest BCUT2D eigenvalue weighted by atomic mass is 16.6. The Morgan fingerprint density at radius 3 is 2.65 bits per heavy atom. The second kappa shape index (κ2) is 9.00. The topological polar surface area (TPSA) is 83.1 Å². The van der Waals surface area contributed by atoms with Crippen LogP contribution in [0.2, 0.25) is 0 Å². The molecule has 0 aromatic heterocycles. The number of esters is 1. The zero-order valence-electron chi connectivity index (χ0n) is 15.0. The molecular weight excluding hydrogens is 338 g/mol. The Labute approximate surface area is 152 Å². The van der Waals surface area contributed by atoms with E-state index in [9.17, 15) is 9.59 Å². The van der Waals surface area contributed by atoms with Gasteiger partial charge in [0.1, 0.15) is 5.75 Å². The molecule has 0 radical (unpaired) electrons. The zero-order chi connectivity index (χ0) is 18.4. The third-order valence-corrected chi connectivity index (χ3v) is 4.68. The highest BCUT2D eigenvalue weighted by Crippen LogP contribution is 2.27. The van der Waals surface area contributed by atoms with Gasteiger partial charge in [0.05, 0.1) is 45.2 Å². The van der Waals surface area contributed by atoms with E-state index in [1.165, 1.54) is 19.6 Å². The largest absolute Gasteiger partial charge is 0.493 e. The zero-order valence-corrected chi connectivity index (χ0v) is 15.0. The van der Waals surface area contributed by atoms with Gasteiger partial charge in [-0.05, 0) is 37.0 Å². The molecule has 1 saturated carbocycles. The molecule has 2 aliphatic rings. The molecule has 1 aromatic rings. The number of nitrogens with one attached hydrogen (secondary N) is 1. The summed E-state index contributed by atoms with van der Waals surface area (Å²) >= 11 is 0. The predicted molar refractivity (Wildman–Crippen MR) is 93.5 cm³/mol. The van der Waals surface area contributed by atoms with Gasteiger partial charge in [-0.2, -0.15) is 0 Å².